The fourth-order valence-electron chi connectivity index (χ4n) is 2.70. The van der Waals surface area contributed by atoms with Gasteiger partial charge in [-0.1, -0.05) is 26.7 Å². The first-order valence-corrected chi connectivity index (χ1v) is 8.17. The van der Waals surface area contributed by atoms with E-state index in [1.54, 1.807) is 18.2 Å². The summed E-state index contributed by atoms with van der Waals surface area (Å²) in [5.41, 5.74) is 0. The van der Waals surface area contributed by atoms with Crippen molar-refractivity contribution in [2.75, 3.05) is 5.75 Å². The molecule has 0 aromatic carbocycles. The number of hydrogen-bond acceptors (Lipinski definition) is 3. The van der Waals surface area contributed by atoms with E-state index in [0.29, 0.717) is 22.6 Å². The highest BCUT2D eigenvalue weighted by molar-refractivity contribution is 7.99. The van der Waals surface area contributed by atoms with Crippen LogP contribution in [-0.2, 0) is 4.79 Å². The lowest BCUT2D eigenvalue weighted by molar-refractivity contribution is -0.645. The van der Waals surface area contributed by atoms with Crippen molar-refractivity contribution in [3.8, 4) is 0 Å². The van der Waals surface area contributed by atoms with Gasteiger partial charge in [0.25, 0.3) is 5.03 Å². The fourth-order valence-corrected chi connectivity index (χ4v) is 3.42. The topological polar surface area (TPSA) is 56.0 Å². The summed E-state index contributed by atoms with van der Waals surface area (Å²) in [4.78, 5) is 12.0. The summed E-state index contributed by atoms with van der Waals surface area (Å²) in [6, 6.07) is 5.50. The zero-order chi connectivity index (χ0) is 14.5. The van der Waals surface area contributed by atoms with Gasteiger partial charge in [0.15, 0.2) is 6.20 Å². The molecule has 0 spiro atoms. The van der Waals surface area contributed by atoms with Crippen LogP contribution in [0.2, 0.25) is 0 Å². The molecule has 110 valence electrons. The fraction of sp³-hybridized carbons (Fsp3) is 0.600. The molecule has 0 unspecified atom stereocenters. The molecule has 5 heteroatoms. The lowest BCUT2D eigenvalue weighted by atomic mass is 9.78. The van der Waals surface area contributed by atoms with E-state index in [-0.39, 0.29) is 11.9 Å². The van der Waals surface area contributed by atoms with Crippen LogP contribution in [0.1, 0.15) is 33.1 Å². The van der Waals surface area contributed by atoms with Crippen LogP contribution in [0.15, 0.2) is 29.4 Å². The van der Waals surface area contributed by atoms with Crippen LogP contribution in [0.25, 0.3) is 0 Å². The average molecular weight is 294 g/mol. The van der Waals surface area contributed by atoms with Gasteiger partial charge >= 0.3 is 0 Å². The third-order valence-corrected chi connectivity index (χ3v) is 5.21. The molecule has 1 aromatic rings. The zero-order valence-corrected chi connectivity index (χ0v) is 12.9. The van der Waals surface area contributed by atoms with Crippen molar-refractivity contribution in [3.63, 3.8) is 0 Å². The molecule has 1 fully saturated rings. The lowest BCUT2D eigenvalue weighted by Gasteiger charge is -2.34. The van der Waals surface area contributed by atoms with Gasteiger partial charge in [0.2, 0.25) is 5.91 Å². The van der Waals surface area contributed by atoms with Gasteiger partial charge in [-0.3, -0.25) is 4.79 Å². The molecule has 20 heavy (non-hydrogen) atoms. The van der Waals surface area contributed by atoms with Crippen LogP contribution in [0, 0.1) is 17.0 Å². The molecule has 0 saturated heterocycles. The van der Waals surface area contributed by atoms with Crippen molar-refractivity contribution in [1.29, 1.82) is 0 Å². The predicted octanol–water partition coefficient (Wildman–Crippen LogP) is 2.35. The highest BCUT2D eigenvalue weighted by Crippen LogP contribution is 2.29. The molecule has 1 aliphatic rings. The monoisotopic (exact) mass is 294 g/mol. The van der Waals surface area contributed by atoms with Crippen LogP contribution in [0.5, 0.6) is 0 Å². The highest BCUT2D eigenvalue weighted by Gasteiger charge is 2.28. The normalized spacial score (nSPS) is 26.2. The maximum absolute atomic E-state index is 12.0. The molecule has 2 rings (SSSR count). The third-order valence-electron chi connectivity index (χ3n) is 4.19. The molecule has 4 nitrogen and oxygen atoms in total. The minimum Gasteiger partial charge on any atom is -0.618 e. The standard InChI is InChI=1S/C15H22N2O2S/c1-11-6-5-7-13(12(11)2)16-14(18)10-20-15-8-3-4-9-17(15)19/h3-4,8-9,11-13H,5-7,10H2,1-2H3,(H,16,18)/t11-,12-,13+/m0/s1. The van der Waals surface area contributed by atoms with Crippen molar-refractivity contribution in [2.24, 2.45) is 11.8 Å². The van der Waals surface area contributed by atoms with Gasteiger partial charge in [-0.05, 0) is 36.1 Å². The number of nitrogens with one attached hydrogen (secondary N) is 1. The zero-order valence-electron chi connectivity index (χ0n) is 12.0. The second kappa shape index (κ2) is 6.97. The number of pyridine rings is 1. The van der Waals surface area contributed by atoms with E-state index in [4.69, 9.17) is 0 Å². The Labute approximate surface area is 124 Å². The minimum atomic E-state index is 0.0183. The van der Waals surface area contributed by atoms with E-state index in [0.717, 1.165) is 11.2 Å². The second-order valence-electron chi connectivity index (χ2n) is 5.59. The second-order valence-corrected chi connectivity index (χ2v) is 6.59. The number of aromatic nitrogens is 1. The first kappa shape index (κ1) is 15.2. The van der Waals surface area contributed by atoms with E-state index in [1.807, 2.05) is 0 Å². The number of thioether (sulfide) groups is 1. The Kier molecular flexibility index (Phi) is 5.29. The maximum atomic E-state index is 12.0. The van der Waals surface area contributed by atoms with Gasteiger partial charge < -0.3 is 10.5 Å². The summed E-state index contributed by atoms with van der Waals surface area (Å²) in [5, 5.41) is 15.2. The van der Waals surface area contributed by atoms with Gasteiger partial charge in [-0.15, -0.1) is 0 Å². The molecule has 0 bridgehead atoms. The molecule has 0 radical (unpaired) electrons. The Balaban J connectivity index is 1.82. The largest absolute Gasteiger partial charge is 0.618 e. The Morgan fingerprint density at radius 2 is 2.25 bits per heavy atom. The SMILES string of the molecule is C[C@H]1[C@@H](C)CCC[C@H]1NC(=O)CSc1cccc[n+]1[O-]. The molecule has 1 aromatic heterocycles. The maximum Gasteiger partial charge on any atom is 0.251 e. The number of hydrogen-bond donors (Lipinski definition) is 1. The molecule has 1 saturated carbocycles. The summed E-state index contributed by atoms with van der Waals surface area (Å²) in [7, 11) is 0. The van der Waals surface area contributed by atoms with Crippen LogP contribution >= 0.6 is 11.8 Å². The highest BCUT2D eigenvalue weighted by atomic mass is 32.2. The summed E-state index contributed by atoms with van der Waals surface area (Å²) < 4.78 is 0.795. The molecule has 1 amide bonds. The van der Waals surface area contributed by atoms with Crippen molar-refractivity contribution in [1.82, 2.24) is 5.32 Å². The quantitative estimate of drug-likeness (QED) is 0.527. The van der Waals surface area contributed by atoms with Crippen LogP contribution in [0.3, 0.4) is 0 Å². The van der Waals surface area contributed by atoms with Crippen molar-refractivity contribution in [3.05, 3.63) is 29.6 Å². The molecule has 1 N–H and O–H groups in total. The van der Waals surface area contributed by atoms with Gasteiger partial charge in [0.05, 0.1) is 5.75 Å². The Morgan fingerprint density at radius 1 is 1.45 bits per heavy atom. The number of carbonyl (C=O) groups excluding carboxylic acids is 1. The van der Waals surface area contributed by atoms with Crippen LogP contribution in [-0.4, -0.2) is 17.7 Å². The van der Waals surface area contributed by atoms with E-state index in [1.165, 1.54) is 30.8 Å². The van der Waals surface area contributed by atoms with Gasteiger partial charge in [0, 0.05) is 18.2 Å². The number of carbonyl (C=O) groups is 1. The molecule has 1 aliphatic carbocycles. The molecule has 0 aliphatic heterocycles. The van der Waals surface area contributed by atoms with Crippen molar-refractivity contribution >= 4 is 17.7 Å². The molecule has 3 atom stereocenters. The van der Waals surface area contributed by atoms with E-state index in [2.05, 4.69) is 19.2 Å². The predicted molar refractivity (Wildman–Crippen MR) is 80.2 cm³/mol. The summed E-state index contributed by atoms with van der Waals surface area (Å²) in [5.74, 6) is 1.51. The number of rotatable bonds is 4. The molecular formula is C15H22N2O2S. The minimum absolute atomic E-state index is 0.0183. The Bertz CT molecular complexity index is 467. The van der Waals surface area contributed by atoms with Gasteiger partial charge in [-0.25, -0.2) is 0 Å². The number of nitrogens with zero attached hydrogens (tertiary/aromatic N) is 1. The Morgan fingerprint density at radius 3 is 3.00 bits per heavy atom. The number of amides is 1. The van der Waals surface area contributed by atoms with Crippen molar-refractivity contribution in [2.45, 2.75) is 44.2 Å². The lowest BCUT2D eigenvalue weighted by Crippen LogP contribution is -2.44. The van der Waals surface area contributed by atoms with E-state index < -0.39 is 0 Å². The van der Waals surface area contributed by atoms with E-state index >= 15 is 0 Å². The van der Waals surface area contributed by atoms with Crippen molar-refractivity contribution < 1.29 is 9.52 Å². The third kappa shape index (κ3) is 3.88. The first-order chi connectivity index (χ1) is 9.58. The summed E-state index contributed by atoms with van der Waals surface area (Å²) in [6.45, 7) is 4.47. The van der Waals surface area contributed by atoms with Gasteiger partial charge in [0.1, 0.15) is 0 Å². The Hall–Kier alpha value is -1.23. The molecule has 1 heterocycles. The molecular weight excluding hydrogens is 272 g/mol. The van der Waals surface area contributed by atoms with E-state index in [9.17, 15) is 10.0 Å². The first-order valence-electron chi connectivity index (χ1n) is 7.18. The van der Waals surface area contributed by atoms with Crippen LogP contribution < -0.4 is 10.0 Å². The summed E-state index contributed by atoms with van der Waals surface area (Å²) in [6.07, 6.45) is 4.95. The average Bonchev–Trinajstić information content (AvgIpc) is 2.43. The van der Waals surface area contributed by atoms with Crippen LogP contribution in [0.4, 0.5) is 0 Å². The smallest absolute Gasteiger partial charge is 0.251 e. The van der Waals surface area contributed by atoms with Gasteiger partial charge in [-0.2, -0.15) is 4.73 Å². The summed E-state index contributed by atoms with van der Waals surface area (Å²) >= 11 is 1.28.